The van der Waals surface area contributed by atoms with Crippen LogP contribution in [0.1, 0.15) is 69.4 Å². The minimum atomic E-state index is -0.750. The number of ether oxygens (including phenoxy) is 6. The van der Waals surface area contributed by atoms with E-state index in [1.54, 1.807) is 67.0 Å². The third-order valence-electron chi connectivity index (χ3n) is 7.71. The van der Waals surface area contributed by atoms with Crippen molar-refractivity contribution in [1.29, 1.82) is 0 Å². The zero-order valence-electron chi connectivity index (χ0n) is 28.7. The lowest BCUT2D eigenvalue weighted by Gasteiger charge is -2.28. The van der Waals surface area contributed by atoms with E-state index in [9.17, 15) is 10.0 Å². The monoisotopic (exact) mass is 700 g/mol. The fraction of sp³-hybridized carbons (Fsp3) is 0.417. The van der Waals surface area contributed by atoms with Crippen LogP contribution < -0.4 is 29.0 Å². The molecule has 4 rings (SSSR count). The maximum absolute atomic E-state index is 12.4. The summed E-state index contributed by atoms with van der Waals surface area (Å²) in [5.74, 6) is 2.82. The van der Waals surface area contributed by atoms with Crippen molar-refractivity contribution in [1.82, 2.24) is 10.4 Å². The summed E-state index contributed by atoms with van der Waals surface area (Å²) in [4.78, 5) is 13.4. The van der Waals surface area contributed by atoms with Crippen LogP contribution in [0, 0.1) is 0 Å². The molecule has 10 nitrogen and oxygen atoms in total. The number of carbonyl (C=O) groups is 1. The highest BCUT2D eigenvalue weighted by Crippen LogP contribution is 2.48. The number of hydrogen-bond acceptors (Lipinski definition) is 9. The number of nitrogens with zero attached hydrogens (tertiary/aromatic N) is 1. The molecule has 48 heavy (non-hydrogen) atoms. The zero-order chi connectivity index (χ0) is 35.0. The van der Waals surface area contributed by atoms with Crippen LogP contribution in [0.15, 0.2) is 65.7 Å². The molecule has 1 fully saturated rings. The highest BCUT2D eigenvalue weighted by atomic mass is 35.5. The van der Waals surface area contributed by atoms with Crippen LogP contribution in [0.25, 0.3) is 0 Å². The van der Waals surface area contributed by atoms with Crippen molar-refractivity contribution in [3.8, 4) is 28.7 Å². The number of benzene rings is 3. The summed E-state index contributed by atoms with van der Waals surface area (Å²) in [6.45, 7) is 7.17. The molecule has 0 aromatic heterocycles. The third-order valence-corrected chi connectivity index (χ3v) is 8.94. The van der Waals surface area contributed by atoms with Crippen molar-refractivity contribution in [3.05, 3.63) is 82.5 Å². The second-order valence-electron chi connectivity index (χ2n) is 12.2. The molecule has 260 valence electrons. The number of nitrogens with one attached hydrogen (secondary N) is 1. The first-order valence-electron chi connectivity index (χ1n) is 15.6. The highest BCUT2D eigenvalue weighted by molar-refractivity contribution is 7.99. The van der Waals surface area contributed by atoms with Crippen LogP contribution in [-0.2, 0) is 11.2 Å². The van der Waals surface area contributed by atoms with Crippen LogP contribution in [0.2, 0.25) is 5.02 Å². The van der Waals surface area contributed by atoms with E-state index in [1.807, 2.05) is 49.4 Å². The van der Waals surface area contributed by atoms with E-state index in [4.69, 9.17) is 40.0 Å². The molecule has 1 heterocycles. The van der Waals surface area contributed by atoms with Crippen molar-refractivity contribution in [2.75, 3.05) is 28.4 Å². The Kier molecular flexibility index (Phi) is 12.8. The number of allylic oxidation sites excluding steroid dienone is 1. The fourth-order valence-corrected chi connectivity index (χ4v) is 6.24. The van der Waals surface area contributed by atoms with Crippen molar-refractivity contribution in [2.24, 2.45) is 0 Å². The van der Waals surface area contributed by atoms with Gasteiger partial charge in [-0.2, -0.15) is 0 Å². The van der Waals surface area contributed by atoms with Gasteiger partial charge < -0.3 is 33.7 Å². The van der Waals surface area contributed by atoms with Crippen molar-refractivity contribution < 1.29 is 38.4 Å². The Labute approximate surface area is 292 Å². The predicted molar refractivity (Wildman–Crippen MR) is 187 cm³/mol. The summed E-state index contributed by atoms with van der Waals surface area (Å²) >= 11 is 7.63. The van der Waals surface area contributed by atoms with E-state index in [0.717, 1.165) is 34.4 Å². The van der Waals surface area contributed by atoms with Gasteiger partial charge in [-0.25, -0.2) is 9.86 Å². The molecule has 2 N–H and O–H groups in total. The molecular formula is C36H45ClN2O8S. The average Bonchev–Trinajstić information content (AvgIpc) is 3.57. The van der Waals surface area contributed by atoms with Crippen LogP contribution in [-0.4, -0.2) is 55.7 Å². The molecular weight excluding hydrogens is 656 g/mol. The molecule has 1 saturated heterocycles. The first-order valence-corrected chi connectivity index (χ1v) is 16.8. The highest BCUT2D eigenvalue weighted by Gasteiger charge is 2.31. The third kappa shape index (κ3) is 9.22. The van der Waals surface area contributed by atoms with E-state index >= 15 is 0 Å². The SMILES string of the molecule is COc1cc(C2CCC(c3cc(OC)c(OC)c(OC)c3)O2)cc(C/C=C/NC(=O)N(O)C(C)(C)C)c1OC(C)Sc1ccc(Cl)cc1. The molecule has 1 aliphatic heterocycles. The summed E-state index contributed by atoms with van der Waals surface area (Å²) in [6, 6.07) is 14.8. The number of hydrogen-bond donors (Lipinski definition) is 2. The van der Waals surface area contributed by atoms with Gasteiger partial charge in [0.25, 0.3) is 0 Å². The summed E-state index contributed by atoms with van der Waals surface area (Å²) in [7, 11) is 6.37. The maximum Gasteiger partial charge on any atom is 0.345 e. The van der Waals surface area contributed by atoms with Gasteiger partial charge in [-0.15, -0.1) is 0 Å². The number of amides is 2. The Morgan fingerprint density at radius 1 is 0.958 bits per heavy atom. The summed E-state index contributed by atoms with van der Waals surface area (Å²) in [5, 5.41) is 14.1. The molecule has 2 amide bonds. The molecule has 12 heteroatoms. The fourth-order valence-electron chi connectivity index (χ4n) is 5.30. The van der Waals surface area contributed by atoms with Gasteiger partial charge in [0, 0.05) is 21.7 Å². The molecule has 3 unspecified atom stereocenters. The van der Waals surface area contributed by atoms with E-state index in [-0.39, 0.29) is 17.6 Å². The Morgan fingerprint density at radius 2 is 1.50 bits per heavy atom. The number of carbonyl (C=O) groups excluding carboxylic acids is 1. The quantitative estimate of drug-likeness (QED) is 0.0783. The average molecular weight is 701 g/mol. The second-order valence-corrected chi connectivity index (χ2v) is 14.0. The van der Waals surface area contributed by atoms with Gasteiger partial charge in [0.1, 0.15) is 5.44 Å². The van der Waals surface area contributed by atoms with Crippen molar-refractivity contribution >= 4 is 29.4 Å². The number of urea groups is 1. The zero-order valence-corrected chi connectivity index (χ0v) is 30.2. The van der Waals surface area contributed by atoms with E-state index in [2.05, 4.69) is 11.4 Å². The second kappa shape index (κ2) is 16.6. The summed E-state index contributed by atoms with van der Waals surface area (Å²) < 4.78 is 35.6. The number of thioether (sulfide) groups is 1. The smallest absolute Gasteiger partial charge is 0.345 e. The standard InChI is InChI=1S/C36H45ClN2O8S/c1-22(48-27-13-11-26(37)12-14-27)46-33-23(10-9-17-38-35(40)39(41)36(2,3)4)18-24(19-30(33)42-5)28-15-16-29(47-28)25-20-31(43-6)34(45-8)32(21-25)44-7/h9,11-14,17-22,28-29,41H,10,15-16H2,1-8H3,(H,38,40)/b17-9+. The molecule has 0 bridgehead atoms. The molecule has 3 aromatic carbocycles. The van der Waals surface area contributed by atoms with Gasteiger partial charge in [-0.05, 0) is 107 Å². The number of methoxy groups -OCH3 is 4. The lowest BCUT2D eigenvalue weighted by molar-refractivity contribution is -0.106. The summed E-state index contributed by atoms with van der Waals surface area (Å²) in [5.41, 5.74) is 1.69. The number of hydroxylamine groups is 2. The number of halogens is 1. The normalized spacial score (nSPS) is 16.8. The predicted octanol–water partition coefficient (Wildman–Crippen LogP) is 8.74. The van der Waals surface area contributed by atoms with Crippen molar-refractivity contribution in [3.63, 3.8) is 0 Å². The van der Waals surface area contributed by atoms with Crippen LogP contribution >= 0.6 is 23.4 Å². The largest absolute Gasteiger partial charge is 0.493 e. The molecule has 0 aliphatic carbocycles. The van der Waals surface area contributed by atoms with Crippen LogP contribution in [0.5, 0.6) is 28.7 Å². The molecule has 1 aliphatic rings. The Morgan fingerprint density at radius 3 is 2.02 bits per heavy atom. The topological polar surface area (TPSA) is 108 Å². The van der Waals surface area contributed by atoms with E-state index < -0.39 is 11.6 Å². The minimum Gasteiger partial charge on any atom is -0.493 e. The Bertz CT molecular complexity index is 1550. The first kappa shape index (κ1) is 37.1. The molecule has 3 atom stereocenters. The lowest BCUT2D eigenvalue weighted by Crippen LogP contribution is -2.46. The molecule has 0 saturated carbocycles. The minimum absolute atomic E-state index is 0.191. The Balaban J connectivity index is 1.61. The molecule has 0 radical (unpaired) electrons. The summed E-state index contributed by atoms with van der Waals surface area (Å²) in [6.07, 6.45) is 4.87. The van der Waals surface area contributed by atoms with Gasteiger partial charge in [0.05, 0.1) is 46.2 Å². The van der Waals surface area contributed by atoms with Gasteiger partial charge in [-0.3, -0.25) is 5.21 Å². The lowest BCUT2D eigenvalue weighted by atomic mass is 9.99. The number of rotatable bonds is 13. The van der Waals surface area contributed by atoms with Crippen molar-refractivity contribution in [2.45, 2.75) is 75.0 Å². The van der Waals surface area contributed by atoms with Gasteiger partial charge in [0.2, 0.25) is 5.75 Å². The van der Waals surface area contributed by atoms with E-state index in [1.165, 1.54) is 6.20 Å². The molecule has 0 spiro atoms. The Hall–Kier alpha value is -3.77. The van der Waals surface area contributed by atoms with Crippen LogP contribution in [0.3, 0.4) is 0 Å². The first-order chi connectivity index (χ1) is 22.9. The maximum atomic E-state index is 12.4. The van der Waals surface area contributed by atoms with Gasteiger partial charge >= 0.3 is 6.03 Å². The van der Waals surface area contributed by atoms with E-state index in [0.29, 0.717) is 45.3 Å². The van der Waals surface area contributed by atoms with Crippen LogP contribution in [0.4, 0.5) is 4.79 Å². The van der Waals surface area contributed by atoms with Gasteiger partial charge in [0.15, 0.2) is 23.0 Å². The molecule has 3 aromatic rings. The van der Waals surface area contributed by atoms with Gasteiger partial charge in [-0.1, -0.05) is 29.4 Å².